The van der Waals surface area contributed by atoms with Crippen LogP contribution in [0.15, 0.2) is 41.3 Å². The van der Waals surface area contributed by atoms with Crippen LogP contribution in [0, 0.1) is 0 Å². The number of hydrogen-bond acceptors (Lipinski definition) is 5. The maximum Gasteiger partial charge on any atom is 0.164 e. The van der Waals surface area contributed by atoms with E-state index in [0.29, 0.717) is 6.04 Å². The highest BCUT2D eigenvalue weighted by Crippen LogP contribution is 2.31. The summed E-state index contributed by atoms with van der Waals surface area (Å²) in [5.41, 5.74) is 2.23. The number of rotatable bonds is 3. The molecule has 26 heavy (non-hydrogen) atoms. The standard InChI is InChI=1S/C19H23BrN6/c1-14-11-25(12-15-7-4-3-5-8-15)9-6-10-26(14)19-16-17(20)23-24(2)18(16)21-13-22-19/h3-5,7-8,13-14H,6,9-12H2,1-2H3. The lowest BCUT2D eigenvalue weighted by Crippen LogP contribution is -2.39. The van der Waals surface area contributed by atoms with Crippen molar-refractivity contribution >= 4 is 32.8 Å². The van der Waals surface area contributed by atoms with Crippen LogP contribution in [-0.4, -0.2) is 50.3 Å². The van der Waals surface area contributed by atoms with Crippen LogP contribution in [0.3, 0.4) is 0 Å². The molecular weight excluding hydrogens is 392 g/mol. The number of aromatic nitrogens is 4. The summed E-state index contributed by atoms with van der Waals surface area (Å²) >= 11 is 3.58. The van der Waals surface area contributed by atoms with Gasteiger partial charge in [-0.15, -0.1) is 0 Å². The Kier molecular flexibility index (Phi) is 4.91. The van der Waals surface area contributed by atoms with Crippen LogP contribution >= 0.6 is 15.9 Å². The van der Waals surface area contributed by atoms with Gasteiger partial charge in [0.25, 0.3) is 0 Å². The first-order chi connectivity index (χ1) is 12.6. The van der Waals surface area contributed by atoms with Gasteiger partial charge in [0.2, 0.25) is 0 Å². The molecule has 1 fully saturated rings. The highest BCUT2D eigenvalue weighted by molar-refractivity contribution is 9.10. The normalized spacial score (nSPS) is 19.0. The third-order valence-electron chi connectivity index (χ3n) is 5.01. The van der Waals surface area contributed by atoms with Crippen molar-refractivity contribution in [2.45, 2.75) is 25.9 Å². The first kappa shape index (κ1) is 17.4. The maximum atomic E-state index is 4.62. The fourth-order valence-electron chi connectivity index (χ4n) is 3.79. The zero-order valence-corrected chi connectivity index (χ0v) is 16.7. The quantitative estimate of drug-likeness (QED) is 0.658. The van der Waals surface area contributed by atoms with Crippen molar-refractivity contribution in [1.82, 2.24) is 24.6 Å². The van der Waals surface area contributed by atoms with Gasteiger partial charge in [0, 0.05) is 39.3 Å². The second-order valence-electron chi connectivity index (χ2n) is 6.93. The van der Waals surface area contributed by atoms with Crippen LogP contribution < -0.4 is 4.90 Å². The number of aryl methyl sites for hydroxylation is 1. The fraction of sp³-hybridized carbons (Fsp3) is 0.421. The summed E-state index contributed by atoms with van der Waals surface area (Å²) in [6.45, 7) is 6.37. The van der Waals surface area contributed by atoms with Crippen LogP contribution in [-0.2, 0) is 13.6 Å². The Hall–Kier alpha value is -1.99. The average molecular weight is 415 g/mol. The third-order valence-corrected chi connectivity index (χ3v) is 5.56. The molecular formula is C19H23BrN6. The second-order valence-corrected chi connectivity index (χ2v) is 7.68. The smallest absolute Gasteiger partial charge is 0.164 e. The van der Waals surface area contributed by atoms with Gasteiger partial charge in [-0.05, 0) is 34.8 Å². The Bertz CT molecular complexity index is 894. The lowest BCUT2D eigenvalue weighted by Gasteiger charge is -2.30. The Labute approximate surface area is 162 Å². The summed E-state index contributed by atoms with van der Waals surface area (Å²) in [4.78, 5) is 14.0. The van der Waals surface area contributed by atoms with E-state index in [9.17, 15) is 0 Å². The number of benzene rings is 1. The Morgan fingerprint density at radius 1 is 1.15 bits per heavy atom. The topological polar surface area (TPSA) is 50.1 Å². The van der Waals surface area contributed by atoms with Gasteiger partial charge in [-0.1, -0.05) is 30.3 Å². The van der Waals surface area contributed by atoms with Gasteiger partial charge in [-0.3, -0.25) is 4.90 Å². The van der Waals surface area contributed by atoms with Gasteiger partial charge < -0.3 is 4.90 Å². The van der Waals surface area contributed by atoms with Gasteiger partial charge in [0.1, 0.15) is 16.7 Å². The molecule has 6 nitrogen and oxygen atoms in total. The van der Waals surface area contributed by atoms with E-state index in [-0.39, 0.29) is 0 Å². The molecule has 3 heterocycles. The van der Waals surface area contributed by atoms with E-state index < -0.39 is 0 Å². The molecule has 4 rings (SSSR count). The maximum absolute atomic E-state index is 4.62. The first-order valence-electron chi connectivity index (χ1n) is 8.99. The minimum atomic E-state index is 0.367. The molecule has 1 aromatic carbocycles. The van der Waals surface area contributed by atoms with Crippen molar-refractivity contribution in [3.8, 4) is 0 Å². The minimum Gasteiger partial charge on any atom is -0.352 e. The summed E-state index contributed by atoms with van der Waals surface area (Å²) in [7, 11) is 1.91. The highest BCUT2D eigenvalue weighted by atomic mass is 79.9. The molecule has 1 unspecified atom stereocenters. The molecule has 0 bridgehead atoms. The van der Waals surface area contributed by atoms with Gasteiger partial charge in [-0.2, -0.15) is 5.10 Å². The van der Waals surface area contributed by atoms with Crippen molar-refractivity contribution in [3.05, 3.63) is 46.8 Å². The Morgan fingerprint density at radius 3 is 2.77 bits per heavy atom. The number of hydrogen-bond donors (Lipinski definition) is 0. The van der Waals surface area contributed by atoms with Crippen LogP contribution in [0.25, 0.3) is 11.0 Å². The van der Waals surface area contributed by atoms with E-state index in [2.05, 4.69) is 78.1 Å². The van der Waals surface area contributed by atoms with Crippen LogP contribution in [0.2, 0.25) is 0 Å². The molecule has 1 saturated heterocycles. The van der Waals surface area contributed by atoms with E-state index >= 15 is 0 Å². The van der Waals surface area contributed by atoms with Crippen molar-refractivity contribution in [2.75, 3.05) is 24.5 Å². The Morgan fingerprint density at radius 2 is 1.96 bits per heavy atom. The molecule has 0 saturated carbocycles. The van der Waals surface area contributed by atoms with Gasteiger partial charge in [-0.25, -0.2) is 14.6 Å². The predicted molar refractivity (Wildman–Crippen MR) is 107 cm³/mol. The van der Waals surface area contributed by atoms with E-state index in [1.165, 1.54) is 5.56 Å². The number of halogens is 1. The van der Waals surface area contributed by atoms with E-state index in [1.807, 2.05) is 7.05 Å². The summed E-state index contributed by atoms with van der Waals surface area (Å²) in [6.07, 6.45) is 2.76. The molecule has 0 aliphatic carbocycles. The molecule has 136 valence electrons. The van der Waals surface area contributed by atoms with Crippen LogP contribution in [0.5, 0.6) is 0 Å². The zero-order valence-electron chi connectivity index (χ0n) is 15.1. The first-order valence-corrected chi connectivity index (χ1v) is 9.79. The zero-order chi connectivity index (χ0) is 18.1. The molecule has 7 heteroatoms. The molecule has 2 aromatic heterocycles. The summed E-state index contributed by atoms with van der Waals surface area (Å²) in [5, 5.41) is 5.46. The minimum absolute atomic E-state index is 0.367. The largest absolute Gasteiger partial charge is 0.352 e. The van der Waals surface area contributed by atoms with Crippen molar-refractivity contribution < 1.29 is 0 Å². The summed E-state index contributed by atoms with van der Waals surface area (Å²) in [5.74, 6) is 0.976. The lowest BCUT2D eigenvalue weighted by atomic mass is 10.2. The number of anilines is 1. The monoisotopic (exact) mass is 414 g/mol. The Balaban J connectivity index is 1.59. The molecule has 1 aliphatic rings. The van der Waals surface area contributed by atoms with E-state index in [0.717, 1.165) is 54.1 Å². The summed E-state index contributed by atoms with van der Waals surface area (Å²) in [6, 6.07) is 11.1. The number of nitrogens with zero attached hydrogens (tertiary/aromatic N) is 6. The molecule has 0 amide bonds. The molecule has 1 atom stereocenters. The molecule has 3 aromatic rings. The fourth-order valence-corrected chi connectivity index (χ4v) is 4.39. The molecule has 0 spiro atoms. The third kappa shape index (κ3) is 3.33. The SMILES string of the molecule is CC1CN(Cc2ccccc2)CCCN1c1ncnc2c1c(Br)nn2C. The van der Waals surface area contributed by atoms with Gasteiger partial charge in [0.05, 0.1) is 5.39 Å². The van der Waals surface area contributed by atoms with E-state index in [4.69, 9.17) is 0 Å². The van der Waals surface area contributed by atoms with Gasteiger partial charge >= 0.3 is 0 Å². The highest BCUT2D eigenvalue weighted by Gasteiger charge is 2.26. The lowest BCUT2D eigenvalue weighted by molar-refractivity contribution is 0.268. The average Bonchev–Trinajstić information content (AvgIpc) is 2.82. The van der Waals surface area contributed by atoms with Gasteiger partial charge in [0.15, 0.2) is 5.65 Å². The molecule has 0 radical (unpaired) electrons. The molecule has 0 N–H and O–H groups in total. The van der Waals surface area contributed by atoms with Crippen molar-refractivity contribution in [2.24, 2.45) is 7.05 Å². The number of fused-ring (bicyclic) bond motifs is 1. The van der Waals surface area contributed by atoms with Crippen LogP contribution in [0.1, 0.15) is 18.9 Å². The second kappa shape index (κ2) is 7.32. The molecule has 1 aliphatic heterocycles. The summed E-state index contributed by atoms with van der Waals surface area (Å²) < 4.78 is 2.61. The van der Waals surface area contributed by atoms with Crippen molar-refractivity contribution in [1.29, 1.82) is 0 Å². The predicted octanol–water partition coefficient (Wildman–Crippen LogP) is 3.23. The van der Waals surface area contributed by atoms with Crippen molar-refractivity contribution in [3.63, 3.8) is 0 Å². The van der Waals surface area contributed by atoms with E-state index in [1.54, 1.807) is 11.0 Å². The van der Waals surface area contributed by atoms with Crippen LogP contribution in [0.4, 0.5) is 5.82 Å².